The number of ether oxygens (including phenoxy) is 2. The molecule has 1 N–H and O–H groups in total. The van der Waals surface area contributed by atoms with E-state index < -0.39 is 0 Å². The van der Waals surface area contributed by atoms with Crippen molar-refractivity contribution in [2.24, 2.45) is 0 Å². The van der Waals surface area contributed by atoms with Gasteiger partial charge < -0.3 is 14.8 Å². The van der Waals surface area contributed by atoms with Crippen LogP contribution in [0.25, 0.3) is 10.8 Å². The van der Waals surface area contributed by atoms with E-state index in [0.717, 1.165) is 27.2 Å². The lowest BCUT2D eigenvalue weighted by Gasteiger charge is -2.19. The Morgan fingerprint density at radius 3 is 2.52 bits per heavy atom. The Labute approximate surface area is 157 Å². The van der Waals surface area contributed by atoms with Crippen molar-refractivity contribution in [3.8, 4) is 11.5 Å². The number of anilines is 1. The third-order valence-corrected chi connectivity index (χ3v) is 4.73. The summed E-state index contributed by atoms with van der Waals surface area (Å²) in [4.78, 5) is 0. The first-order chi connectivity index (χ1) is 12.1. The molecule has 0 bridgehead atoms. The standard InChI is InChI=1S/C21H22BrNO2/c1-14(2)25-21-17(18(22)11-12-20(21)24-3)13-23-19-10-6-8-15-7-4-5-9-16(15)19/h4-12,14,23H,13H2,1-3H3. The van der Waals surface area contributed by atoms with E-state index in [2.05, 4.69) is 63.7 Å². The molecular weight excluding hydrogens is 378 g/mol. The highest BCUT2D eigenvalue weighted by Crippen LogP contribution is 2.37. The average Bonchev–Trinajstić information content (AvgIpc) is 2.61. The number of fused-ring (bicyclic) bond motifs is 1. The Kier molecular flexibility index (Phi) is 5.49. The predicted molar refractivity (Wildman–Crippen MR) is 108 cm³/mol. The van der Waals surface area contributed by atoms with Gasteiger partial charge in [-0.05, 0) is 37.4 Å². The maximum absolute atomic E-state index is 6.03. The molecule has 0 atom stereocenters. The molecule has 3 rings (SSSR count). The molecule has 25 heavy (non-hydrogen) atoms. The van der Waals surface area contributed by atoms with E-state index in [1.54, 1.807) is 7.11 Å². The van der Waals surface area contributed by atoms with Crippen molar-refractivity contribution in [2.45, 2.75) is 26.5 Å². The molecule has 0 saturated carbocycles. The highest BCUT2D eigenvalue weighted by atomic mass is 79.9. The highest BCUT2D eigenvalue weighted by molar-refractivity contribution is 9.10. The monoisotopic (exact) mass is 399 g/mol. The van der Waals surface area contributed by atoms with Crippen molar-refractivity contribution in [1.82, 2.24) is 0 Å². The Morgan fingerprint density at radius 2 is 1.76 bits per heavy atom. The molecule has 3 aromatic rings. The minimum Gasteiger partial charge on any atom is -0.493 e. The van der Waals surface area contributed by atoms with Crippen LogP contribution in [0, 0.1) is 0 Å². The van der Waals surface area contributed by atoms with Crippen LogP contribution in [0.1, 0.15) is 19.4 Å². The fourth-order valence-corrected chi connectivity index (χ4v) is 3.29. The second-order valence-corrected chi connectivity index (χ2v) is 6.96. The molecule has 0 spiro atoms. The van der Waals surface area contributed by atoms with Crippen LogP contribution < -0.4 is 14.8 Å². The zero-order chi connectivity index (χ0) is 17.8. The normalized spacial score (nSPS) is 10.9. The Morgan fingerprint density at radius 1 is 1.00 bits per heavy atom. The van der Waals surface area contributed by atoms with Gasteiger partial charge in [0.05, 0.1) is 13.2 Å². The highest BCUT2D eigenvalue weighted by Gasteiger charge is 2.16. The Balaban J connectivity index is 1.94. The third-order valence-electron chi connectivity index (χ3n) is 3.99. The molecule has 0 aliphatic carbocycles. The number of hydrogen-bond donors (Lipinski definition) is 1. The summed E-state index contributed by atoms with van der Waals surface area (Å²) in [6.07, 6.45) is 0.0690. The molecule has 0 aromatic heterocycles. The minimum atomic E-state index is 0.0690. The quantitative estimate of drug-likeness (QED) is 0.550. The van der Waals surface area contributed by atoms with Gasteiger partial charge in [-0.3, -0.25) is 0 Å². The van der Waals surface area contributed by atoms with Crippen LogP contribution in [0.15, 0.2) is 59.1 Å². The number of halogens is 1. The molecule has 0 aliphatic rings. The second kappa shape index (κ2) is 7.79. The number of nitrogens with one attached hydrogen (secondary N) is 1. The first kappa shape index (κ1) is 17.6. The molecule has 0 heterocycles. The van der Waals surface area contributed by atoms with Crippen LogP contribution in [0.3, 0.4) is 0 Å². The number of benzene rings is 3. The van der Waals surface area contributed by atoms with Gasteiger partial charge in [0.1, 0.15) is 0 Å². The van der Waals surface area contributed by atoms with E-state index in [1.165, 1.54) is 10.8 Å². The van der Waals surface area contributed by atoms with Gasteiger partial charge in [0.15, 0.2) is 11.5 Å². The number of hydrogen-bond acceptors (Lipinski definition) is 3. The van der Waals surface area contributed by atoms with E-state index in [-0.39, 0.29) is 6.10 Å². The van der Waals surface area contributed by atoms with Crippen molar-refractivity contribution in [3.63, 3.8) is 0 Å². The van der Waals surface area contributed by atoms with Gasteiger partial charge in [-0.1, -0.05) is 52.3 Å². The number of rotatable bonds is 6. The maximum atomic E-state index is 6.03. The van der Waals surface area contributed by atoms with Gasteiger partial charge in [-0.2, -0.15) is 0 Å². The van der Waals surface area contributed by atoms with Gasteiger partial charge >= 0.3 is 0 Å². The summed E-state index contributed by atoms with van der Waals surface area (Å²) in [5.74, 6) is 1.52. The zero-order valence-electron chi connectivity index (χ0n) is 14.7. The smallest absolute Gasteiger partial charge is 0.167 e. The molecule has 3 aromatic carbocycles. The maximum Gasteiger partial charge on any atom is 0.167 e. The fraction of sp³-hybridized carbons (Fsp3) is 0.238. The molecule has 3 nitrogen and oxygen atoms in total. The van der Waals surface area contributed by atoms with Gasteiger partial charge in [-0.15, -0.1) is 0 Å². The van der Waals surface area contributed by atoms with Crippen LogP contribution in [-0.4, -0.2) is 13.2 Å². The first-order valence-electron chi connectivity index (χ1n) is 8.34. The second-order valence-electron chi connectivity index (χ2n) is 6.10. The lowest BCUT2D eigenvalue weighted by Crippen LogP contribution is -2.11. The van der Waals surface area contributed by atoms with E-state index in [9.17, 15) is 0 Å². The number of methoxy groups -OCH3 is 1. The molecule has 4 heteroatoms. The van der Waals surface area contributed by atoms with E-state index in [1.807, 2.05) is 26.0 Å². The van der Waals surface area contributed by atoms with Crippen LogP contribution in [0.2, 0.25) is 0 Å². The molecule has 0 radical (unpaired) electrons. The van der Waals surface area contributed by atoms with E-state index >= 15 is 0 Å². The van der Waals surface area contributed by atoms with Gasteiger partial charge in [0, 0.05) is 27.7 Å². The first-order valence-corrected chi connectivity index (χ1v) is 9.13. The molecular formula is C21H22BrNO2. The summed E-state index contributed by atoms with van der Waals surface area (Å²) in [7, 11) is 1.67. The summed E-state index contributed by atoms with van der Waals surface area (Å²) in [5.41, 5.74) is 2.14. The Hall–Kier alpha value is -2.20. The van der Waals surface area contributed by atoms with E-state index in [0.29, 0.717) is 6.54 Å². The lowest BCUT2D eigenvalue weighted by atomic mass is 10.1. The predicted octanol–water partition coefficient (Wildman–Crippen LogP) is 6.01. The van der Waals surface area contributed by atoms with Crippen LogP contribution in [0.5, 0.6) is 11.5 Å². The molecule has 0 unspecified atom stereocenters. The third kappa shape index (κ3) is 3.90. The summed E-state index contributed by atoms with van der Waals surface area (Å²) >= 11 is 3.65. The van der Waals surface area contributed by atoms with Crippen molar-refractivity contribution in [3.05, 3.63) is 64.6 Å². The largest absolute Gasteiger partial charge is 0.493 e. The van der Waals surface area contributed by atoms with Crippen molar-refractivity contribution in [1.29, 1.82) is 0 Å². The van der Waals surface area contributed by atoms with Gasteiger partial charge in [0.25, 0.3) is 0 Å². The fourth-order valence-electron chi connectivity index (χ4n) is 2.84. The van der Waals surface area contributed by atoms with Crippen LogP contribution in [-0.2, 0) is 6.54 Å². The van der Waals surface area contributed by atoms with Crippen molar-refractivity contribution in [2.75, 3.05) is 12.4 Å². The van der Waals surface area contributed by atoms with Crippen LogP contribution >= 0.6 is 15.9 Å². The summed E-state index contributed by atoms with van der Waals surface area (Å²) in [5, 5.41) is 5.97. The molecule has 130 valence electrons. The zero-order valence-corrected chi connectivity index (χ0v) is 16.3. The van der Waals surface area contributed by atoms with Crippen molar-refractivity contribution < 1.29 is 9.47 Å². The summed E-state index contributed by atoms with van der Waals surface area (Å²) in [6, 6.07) is 18.6. The van der Waals surface area contributed by atoms with Gasteiger partial charge in [-0.25, -0.2) is 0 Å². The summed E-state index contributed by atoms with van der Waals surface area (Å²) < 4.78 is 12.5. The van der Waals surface area contributed by atoms with E-state index in [4.69, 9.17) is 9.47 Å². The van der Waals surface area contributed by atoms with Crippen molar-refractivity contribution >= 4 is 32.4 Å². The van der Waals surface area contributed by atoms with Crippen LogP contribution in [0.4, 0.5) is 5.69 Å². The molecule has 0 amide bonds. The summed E-state index contributed by atoms with van der Waals surface area (Å²) in [6.45, 7) is 4.67. The minimum absolute atomic E-state index is 0.0690. The topological polar surface area (TPSA) is 30.5 Å². The molecule has 0 saturated heterocycles. The molecule has 0 fully saturated rings. The molecule has 0 aliphatic heterocycles. The Bertz CT molecular complexity index is 872. The average molecular weight is 400 g/mol. The lowest BCUT2D eigenvalue weighted by molar-refractivity contribution is 0.227. The van der Waals surface area contributed by atoms with Gasteiger partial charge in [0.2, 0.25) is 0 Å². The SMILES string of the molecule is COc1ccc(Br)c(CNc2cccc3ccccc23)c1OC(C)C.